The molecule has 0 N–H and O–H groups in total. The van der Waals surface area contributed by atoms with Gasteiger partial charge in [0.25, 0.3) is 0 Å². The normalized spacial score (nSPS) is 26.6. The van der Waals surface area contributed by atoms with Crippen molar-refractivity contribution in [3.63, 3.8) is 0 Å². The minimum absolute atomic E-state index is 0.392. The van der Waals surface area contributed by atoms with Gasteiger partial charge in [0.2, 0.25) is 0 Å². The third-order valence-electron chi connectivity index (χ3n) is 0.846. The summed E-state index contributed by atoms with van der Waals surface area (Å²) in [6, 6.07) is 0.392. The van der Waals surface area contributed by atoms with Crippen molar-refractivity contribution in [2.45, 2.75) is 38.8 Å². The van der Waals surface area contributed by atoms with Gasteiger partial charge < -0.3 is 0 Å². The molecule has 0 rings (SSSR count). The third kappa shape index (κ3) is 6.22. The SMILES string of the molecule is [2H]C([2H])([2H])[SiH](CCCC)C([2H])([2H])[2H]. The number of rotatable bonds is 3. The van der Waals surface area contributed by atoms with Crippen molar-refractivity contribution in [3.05, 3.63) is 0 Å². The lowest BCUT2D eigenvalue weighted by molar-refractivity contribution is 0.875. The van der Waals surface area contributed by atoms with Gasteiger partial charge in [0.05, 0.1) is 0 Å². The molecule has 0 saturated heterocycles. The summed E-state index contributed by atoms with van der Waals surface area (Å²) in [5.41, 5.74) is 0. The molecule has 0 radical (unpaired) electrons. The Labute approximate surface area is 57.0 Å². The zero-order valence-corrected chi connectivity index (χ0v) is 5.85. The van der Waals surface area contributed by atoms with Crippen molar-refractivity contribution in [2.75, 3.05) is 0 Å². The highest BCUT2D eigenvalue weighted by Gasteiger charge is 1.90. The highest BCUT2D eigenvalue weighted by molar-refractivity contribution is 6.55. The van der Waals surface area contributed by atoms with Gasteiger partial charge in [0.1, 0.15) is 0 Å². The first kappa shape index (κ1) is 1.87. The molecule has 0 aliphatic carbocycles. The van der Waals surface area contributed by atoms with Gasteiger partial charge in [-0.1, -0.05) is 38.8 Å². The molecule has 0 aliphatic rings. The molecule has 0 unspecified atom stereocenters. The Morgan fingerprint density at radius 3 is 2.71 bits per heavy atom. The van der Waals surface area contributed by atoms with Crippen LogP contribution in [0.3, 0.4) is 0 Å². The molecule has 0 heterocycles. The topological polar surface area (TPSA) is 0 Å². The number of unbranched alkanes of at least 4 members (excludes halogenated alkanes) is 1. The lowest BCUT2D eigenvalue weighted by Gasteiger charge is -1.97. The van der Waals surface area contributed by atoms with E-state index in [-0.39, 0.29) is 0 Å². The maximum atomic E-state index is 7.16. The summed E-state index contributed by atoms with van der Waals surface area (Å²) >= 11 is 0. The lowest BCUT2D eigenvalue weighted by Crippen LogP contribution is -1.96. The van der Waals surface area contributed by atoms with Crippen LogP contribution in [0.5, 0.6) is 0 Å². The second-order valence-electron chi connectivity index (χ2n) is 1.69. The number of hydrogen-bond donors (Lipinski definition) is 0. The molecule has 0 atom stereocenters. The molecule has 0 nitrogen and oxygen atoms in total. The summed E-state index contributed by atoms with van der Waals surface area (Å²) in [5.74, 6) is 0. The zero-order chi connectivity index (χ0) is 10.7. The molecule has 0 spiro atoms. The molecule has 0 aromatic carbocycles. The van der Waals surface area contributed by atoms with Gasteiger partial charge in [0, 0.05) is 17.0 Å². The van der Waals surface area contributed by atoms with Crippen molar-refractivity contribution in [2.24, 2.45) is 0 Å². The molecule has 0 bridgehead atoms. The van der Waals surface area contributed by atoms with Crippen LogP contribution in [0.4, 0.5) is 0 Å². The minimum Gasteiger partial charge on any atom is -0.0722 e. The Morgan fingerprint density at radius 1 is 1.57 bits per heavy atom. The Bertz CT molecular complexity index is 134. The summed E-state index contributed by atoms with van der Waals surface area (Å²) in [4.78, 5) is 0. The lowest BCUT2D eigenvalue weighted by atomic mass is 10.4. The van der Waals surface area contributed by atoms with E-state index in [2.05, 4.69) is 0 Å². The van der Waals surface area contributed by atoms with E-state index < -0.39 is 21.7 Å². The molecular formula is C6H16Si. The van der Waals surface area contributed by atoms with Crippen LogP contribution in [0.2, 0.25) is 19.0 Å². The molecule has 0 aromatic heterocycles. The standard InChI is InChI=1S/C6H16Si/c1-4-5-6-7(2)3/h7H,4-6H2,1-3H3/i2D3,3D3. The molecule has 0 amide bonds. The molecule has 0 aliphatic heterocycles. The molecule has 7 heavy (non-hydrogen) atoms. The maximum Gasteiger partial charge on any atom is 0.0305 e. The van der Waals surface area contributed by atoms with E-state index >= 15 is 0 Å². The van der Waals surface area contributed by atoms with E-state index in [4.69, 9.17) is 8.22 Å². The van der Waals surface area contributed by atoms with Gasteiger partial charge in [-0.25, -0.2) is 0 Å². The molecule has 1 heteroatoms. The average Bonchev–Trinajstić information content (AvgIpc) is 1.81. The molecular weight excluding hydrogens is 100 g/mol. The molecule has 0 aromatic rings. The second kappa shape index (κ2) is 4.38. The van der Waals surface area contributed by atoms with Crippen molar-refractivity contribution in [1.29, 1.82) is 0 Å². The first-order chi connectivity index (χ1) is 5.69. The molecule has 0 fully saturated rings. The van der Waals surface area contributed by atoms with Crippen molar-refractivity contribution in [3.8, 4) is 0 Å². The van der Waals surface area contributed by atoms with Gasteiger partial charge in [-0.15, -0.1) is 0 Å². The summed E-state index contributed by atoms with van der Waals surface area (Å²) in [6.45, 7) is -2.51. The van der Waals surface area contributed by atoms with E-state index in [1.165, 1.54) is 0 Å². The van der Waals surface area contributed by atoms with Gasteiger partial charge >= 0.3 is 0 Å². The minimum atomic E-state index is -2.63. The van der Waals surface area contributed by atoms with Gasteiger partial charge in [-0.3, -0.25) is 0 Å². The molecule has 44 valence electrons. The summed E-state index contributed by atoms with van der Waals surface area (Å²) in [7, 11) is -2.63. The first-order valence-corrected chi connectivity index (χ1v) is 4.66. The highest BCUT2D eigenvalue weighted by atomic mass is 28.3. The van der Waals surface area contributed by atoms with Crippen LogP contribution in [0.25, 0.3) is 0 Å². The maximum absolute atomic E-state index is 7.16. The van der Waals surface area contributed by atoms with Gasteiger partial charge in [-0.2, -0.15) is 0 Å². The predicted octanol–water partition coefficient (Wildman–Crippen LogP) is 2.27. The van der Waals surface area contributed by atoms with Crippen molar-refractivity contribution in [1.82, 2.24) is 0 Å². The van der Waals surface area contributed by atoms with E-state index in [9.17, 15) is 0 Å². The van der Waals surface area contributed by atoms with Gasteiger partial charge in [0.15, 0.2) is 0 Å². The average molecular weight is 122 g/mol. The fraction of sp³-hybridized carbons (Fsp3) is 1.00. The first-order valence-electron chi connectivity index (χ1n) is 5.69. The van der Waals surface area contributed by atoms with Crippen LogP contribution in [-0.2, 0) is 0 Å². The number of hydrogen-bond acceptors (Lipinski definition) is 0. The van der Waals surface area contributed by atoms with Crippen molar-refractivity contribution < 1.29 is 8.22 Å². The fourth-order valence-electron chi connectivity index (χ4n) is 0.408. The third-order valence-corrected chi connectivity index (χ3v) is 1.83. The Kier molecular flexibility index (Phi) is 1.17. The van der Waals surface area contributed by atoms with Crippen LogP contribution in [-0.4, -0.2) is 8.80 Å². The fourth-order valence-corrected chi connectivity index (χ4v) is 1.22. The van der Waals surface area contributed by atoms with Gasteiger partial charge in [-0.05, 0) is 0 Å². The van der Waals surface area contributed by atoms with Crippen molar-refractivity contribution >= 4 is 8.80 Å². The zero-order valence-electron chi connectivity index (χ0n) is 10.7. The van der Waals surface area contributed by atoms with E-state index in [1.807, 2.05) is 6.92 Å². The summed E-state index contributed by atoms with van der Waals surface area (Å²) < 4.78 is 42.9. The predicted molar refractivity (Wildman–Crippen MR) is 38.6 cm³/mol. The smallest absolute Gasteiger partial charge is 0.0305 e. The molecule has 0 saturated carbocycles. The summed E-state index contributed by atoms with van der Waals surface area (Å²) in [6.07, 6.45) is 1.57. The summed E-state index contributed by atoms with van der Waals surface area (Å²) in [5, 5.41) is 0. The Hall–Kier alpha value is 0.217. The Morgan fingerprint density at radius 2 is 2.29 bits per heavy atom. The largest absolute Gasteiger partial charge is 0.0722 e. The quantitative estimate of drug-likeness (QED) is 0.504. The van der Waals surface area contributed by atoms with E-state index in [1.54, 1.807) is 0 Å². The monoisotopic (exact) mass is 122 g/mol. The van der Waals surface area contributed by atoms with Crippen LogP contribution in [0.15, 0.2) is 0 Å². The van der Waals surface area contributed by atoms with E-state index in [0.29, 0.717) is 12.5 Å². The Balaban J connectivity index is 4.39. The second-order valence-corrected chi connectivity index (χ2v) is 3.38. The highest BCUT2D eigenvalue weighted by Crippen LogP contribution is 1.98. The van der Waals surface area contributed by atoms with Crippen LogP contribution < -0.4 is 0 Å². The van der Waals surface area contributed by atoms with Crippen LogP contribution in [0.1, 0.15) is 28.0 Å². The van der Waals surface area contributed by atoms with E-state index in [0.717, 1.165) is 6.42 Å². The van der Waals surface area contributed by atoms with Crippen LogP contribution in [0, 0.1) is 0 Å². The van der Waals surface area contributed by atoms with Crippen LogP contribution >= 0.6 is 0 Å².